The highest BCUT2D eigenvalue weighted by atomic mass is 16.3. The Morgan fingerprint density at radius 1 is 1.26 bits per heavy atom. The van der Waals surface area contributed by atoms with Gasteiger partial charge in [-0.3, -0.25) is 0 Å². The van der Waals surface area contributed by atoms with Crippen LogP contribution >= 0.6 is 0 Å². The van der Waals surface area contributed by atoms with Gasteiger partial charge in [0.2, 0.25) is 0 Å². The average molecular weight is 319 g/mol. The van der Waals surface area contributed by atoms with Gasteiger partial charge in [0.1, 0.15) is 0 Å². The highest BCUT2D eigenvalue weighted by Gasteiger charge is 2.18. The standard InChI is InChI=1S/C18H29N3O2/c1-14(13-22)20-18(23)19-12-15-8-10-17(11-9-15)21(2)16-6-4-3-5-7-16/h8-11,14,16,22H,3-7,12-13H2,1-2H3,(H2,19,20,23). The third-order valence-corrected chi connectivity index (χ3v) is 4.57. The second-order valence-electron chi connectivity index (χ2n) is 6.48. The summed E-state index contributed by atoms with van der Waals surface area (Å²) in [6.07, 6.45) is 6.59. The number of nitrogens with one attached hydrogen (secondary N) is 2. The number of aliphatic hydroxyl groups excluding tert-OH is 1. The first-order valence-electron chi connectivity index (χ1n) is 8.57. The van der Waals surface area contributed by atoms with Crippen molar-refractivity contribution in [2.75, 3.05) is 18.6 Å². The average Bonchev–Trinajstić information content (AvgIpc) is 2.60. The molecule has 3 N–H and O–H groups in total. The van der Waals surface area contributed by atoms with Crippen LogP contribution < -0.4 is 15.5 Å². The molecule has 1 saturated carbocycles. The summed E-state index contributed by atoms with van der Waals surface area (Å²) >= 11 is 0. The summed E-state index contributed by atoms with van der Waals surface area (Å²) in [7, 11) is 2.17. The van der Waals surface area contributed by atoms with Gasteiger partial charge in [0, 0.05) is 25.3 Å². The van der Waals surface area contributed by atoms with Gasteiger partial charge in [0.25, 0.3) is 0 Å². The number of aliphatic hydroxyl groups is 1. The van der Waals surface area contributed by atoms with Crippen LogP contribution in [0.15, 0.2) is 24.3 Å². The number of amides is 2. The monoisotopic (exact) mass is 319 g/mol. The van der Waals surface area contributed by atoms with Crippen LogP contribution in [0.2, 0.25) is 0 Å². The van der Waals surface area contributed by atoms with Crippen molar-refractivity contribution < 1.29 is 9.90 Å². The zero-order valence-corrected chi connectivity index (χ0v) is 14.2. The number of rotatable bonds is 6. The van der Waals surface area contributed by atoms with Crippen LogP contribution in [0.25, 0.3) is 0 Å². The molecule has 1 atom stereocenters. The minimum absolute atomic E-state index is 0.0599. The van der Waals surface area contributed by atoms with E-state index < -0.39 is 0 Å². The number of nitrogens with zero attached hydrogens (tertiary/aromatic N) is 1. The molecule has 1 unspecified atom stereocenters. The Kier molecular flexibility index (Phi) is 6.71. The van der Waals surface area contributed by atoms with Crippen LogP contribution in [0.5, 0.6) is 0 Å². The number of hydrogen-bond acceptors (Lipinski definition) is 3. The number of hydrogen-bond donors (Lipinski definition) is 3. The fourth-order valence-electron chi connectivity index (χ4n) is 3.03. The van der Waals surface area contributed by atoms with E-state index in [4.69, 9.17) is 5.11 Å². The van der Waals surface area contributed by atoms with E-state index in [1.807, 2.05) is 0 Å². The van der Waals surface area contributed by atoms with E-state index in [-0.39, 0.29) is 18.7 Å². The Balaban J connectivity index is 1.83. The summed E-state index contributed by atoms with van der Waals surface area (Å²) in [5, 5.41) is 14.4. The molecule has 0 aromatic heterocycles. The van der Waals surface area contributed by atoms with E-state index in [1.54, 1.807) is 6.92 Å². The van der Waals surface area contributed by atoms with Crippen molar-refractivity contribution >= 4 is 11.7 Å². The van der Waals surface area contributed by atoms with Crippen LogP contribution in [0.4, 0.5) is 10.5 Å². The van der Waals surface area contributed by atoms with Crippen LogP contribution in [-0.4, -0.2) is 36.9 Å². The molecule has 1 aromatic rings. The second-order valence-corrected chi connectivity index (χ2v) is 6.48. The summed E-state index contributed by atoms with van der Waals surface area (Å²) in [5.74, 6) is 0. The molecular formula is C18H29N3O2. The van der Waals surface area contributed by atoms with Crippen molar-refractivity contribution in [2.24, 2.45) is 0 Å². The third-order valence-electron chi connectivity index (χ3n) is 4.57. The molecule has 5 heteroatoms. The Morgan fingerprint density at radius 3 is 2.52 bits per heavy atom. The van der Waals surface area contributed by atoms with E-state index in [0.29, 0.717) is 12.6 Å². The van der Waals surface area contributed by atoms with Gasteiger partial charge in [-0.25, -0.2) is 4.79 Å². The first kappa shape index (κ1) is 17.6. The number of benzene rings is 1. The van der Waals surface area contributed by atoms with E-state index in [0.717, 1.165) is 5.56 Å². The van der Waals surface area contributed by atoms with Crippen molar-refractivity contribution in [3.63, 3.8) is 0 Å². The molecule has 0 saturated heterocycles. The number of carbonyl (C=O) groups excluding carboxylic acids is 1. The lowest BCUT2D eigenvalue weighted by molar-refractivity contribution is 0.220. The molecule has 128 valence electrons. The number of carbonyl (C=O) groups is 1. The summed E-state index contributed by atoms with van der Waals surface area (Å²) in [6, 6.07) is 8.53. The Bertz CT molecular complexity index is 484. The van der Waals surface area contributed by atoms with E-state index in [2.05, 4.69) is 46.8 Å². The SMILES string of the molecule is CC(CO)NC(=O)NCc1ccc(N(C)C2CCCCC2)cc1. The van der Waals surface area contributed by atoms with Gasteiger partial charge in [0.15, 0.2) is 0 Å². The van der Waals surface area contributed by atoms with Gasteiger partial charge in [0.05, 0.1) is 12.6 Å². The van der Waals surface area contributed by atoms with E-state index >= 15 is 0 Å². The molecule has 1 aliphatic rings. The van der Waals surface area contributed by atoms with Gasteiger partial charge >= 0.3 is 6.03 Å². The molecule has 0 bridgehead atoms. The molecule has 0 radical (unpaired) electrons. The molecule has 0 heterocycles. The van der Waals surface area contributed by atoms with E-state index in [9.17, 15) is 4.79 Å². The lowest BCUT2D eigenvalue weighted by atomic mass is 9.94. The molecule has 2 rings (SSSR count). The summed E-state index contributed by atoms with van der Waals surface area (Å²) in [4.78, 5) is 14.0. The highest BCUT2D eigenvalue weighted by molar-refractivity contribution is 5.74. The molecule has 0 aliphatic heterocycles. The molecule has 23 heavy (non-hydrogen) atoms. The summed E-state index contributed by atoms with van der Waals surface area (Å²) < 4.78 is 0. The molecule has 2 amide bonds. The first-order valence-corrected chi connectivity index (χ1v) is 8.57. The van der Waals surface area contributed by atoms with Crippen LogP contribution in [0, 0.1) is 0 Å². The minimum Gasteiger partial charge on any atom is -0.394 e. The quantitative estimate of drug-likeness (QED) is 0.755. The van der Waals surface area contributed by atoms with Crippen molar-refractivity contribution in [1.29, 1.82) is 0 Å². The predicted octanol–water partition coefficient (Wildman–Crippen LogP) is 2.64. The van der Waals surface area contributed by atoms with Gasteiger partial charge in [-0.15, -0.1) is 0 Å². The lowest BCUT2D eigenvalue weighted by Crippen LogP contribution is -2.41. The largest absolute Gasteiger partial charge is 0.394 e. The van der Waals surface area contributed by atoms with Crippen LogP contribution in [0.3, 0.4) is 0 Å². The highest BCUT2D eigenvalue weighted by Crippen LogP contribution is 2.26. The number of anilines is 1. The van der Waals surface area contributed by atoms with Crippen molar-refractivity contribution in [3.8, 4) is 0 Å². The van der Waals surface area contributed by atoms with Gasteiger partial charge in [-0.2, -0.15) is 0 Å². The Hall–Kier alpha value is -1.75. The number of urea groups is 1. The maximum atomic E-state index is 11.6. The molecule has 1 fully saturated rings. The fraction of sp³-hybridized carbons (Fsp3) is 0.611. The second kappa shape index (κ2) is 8.77. The zero-order chi connectivity index (χ0) is 16.7. The molecule has 1 aliphatic carbocycles. The lowest BCUT2D eigenvalue weighted by Gasteiger charge is -2.33. The molecule has 1 aromatic carbocycles. The van der Waals surface area contributed by atoms with Crippen molar-refractivity contribution in [3.05, 3.63) is 29.8 Å². The van der Waals surface area contributed by atoms with Gasteiger partial charge in [-0.1, -0.05) is 31.4 Å². The maximum Gasteiger partial charge on any atom is 0.315 e. The summed E-state index contributed by atoms with van der Waals surface area (Å²) in [5.41, 5.74) is 2.30. The first-order chi connectivity index (χ1) is 11.1. The summed E-state index contributed by atoms with van der Waals surface area (Å²) in [6.45, 7) is 2.18. The molecule has 5 nitrogen and oxygen atoms in total. The van der Waals surface area contributed by atoms with Crippen molar-refractivity contribution in [2.45, 2.75) is 57.7 Å². The Morgan fingerprint density at radius 2 is 1.91 bits per heavy atom. The van der Waals surface area contributed by atoms with E-state index in [1.165, 1.54) is 37.8 Å². The topological polar surface area (TPSA) is 64.6 Å². The smallest absolute Gasteiger partial charge is 0.315 e. The Labute approximate surface area is 139 Å². The third kappa shape index (κ3) is 5.43. The fourth-order valence-corrected chi connectivity index (χ4v) is 3.03. The molecule has 0 spiro atoms. The maximum absolute atomic E-state index is 11.6. The van der Waals surface area contributed by atoms with Crippen molar-refractivity contribution in [1.82, 2.24) is 10.6 Å². The molecular weight excluding hydrogens is 290 g/mol. The normalized spacial score (nSPS) is 16.7. The van der Waals surface area contributed by atoms with Gasteiger partial charge < -0.3 is 20.6 Å². The zero-order valence-electron chi connectivity index (χ0n) is 14.2. The van der Waals surface area contributed by atoms with Crippen LogP contribution in [0.1, 0.15) is 44.6 Å². The predicted molar refractivity (Wildman–Crippen MR) is 93.6 cm³/mol. The minimum atomic E-state index is -0.255. The van der Waals surface area contributed by atoms with Gasteiger partial charge in [-0.05, 0) is 37.5 Å². The van der Waals surface area contributed by atoms with Crippen LogP contribution in [-0.2, 0) is 6.54 Å².